The van der Waals surface area contributed by atoms with Crippen molar-refractivity contribution in [2.24, 2.45) is 0 Å². The predicted molar refractivity (Wildman–Crippen MR) is 116 cm³/mol. The van der Waals surface area contributed by atoms with Crippen LogP contribution in [0.3, 0.4) is 0 Å². The number of morpholine rings is 1. The number of amides is 1. The molecule has 3 heterocycles. The average molecular weight is 426 g/mol. The van der Waals surface area contributed by atoms with Crippen LogP contribution in [-0.4, -0.2) is 51.9 Å². The van der Waals surface area contributed by atoms with Gasteiger partial charge in [0.05, 0.1) is 42.6 Å². The SMILES string of the molecule is CC(Nc1ncc(C(=O)N2CCOCC2)cc1Cl)c1cnn(Cc2ccccc2)c1. The molecule has 1 aromatic carbocycles. The van der Waals surface area contributed by atoms with Crippen LogP contribution in [0.4, 0.5) is 5.82 Å². The first kappa shape index (κ1) is 20.4. The summed E-state index contributed by atoms with van der Waals surface area (Å²) in [6.07, 6.45) is 5.41. The summed E-state index contributed by atoms with van der Waals surface area (Å²) in [5.41, 5.74) is 2.70. The highest BCUT2D eigenvalue weighted by Gasteiger charge is 2.20. The first-order valence-electron chi connectivity index (χ1n) is 9.95. The molecule has 1 N–H and O–H groups in total. The average Bonchev–Trinajstić information content (AvgIpc) is 3.24. The van der Waals surface area contributed by atoms with Crippen molar-refractivity contribution in [1.82, 2.24) is 19.7 Å². The van der Waals surface area contributed by atoms with E-state index in [0.29, 0.717) is 49.3 Å². The van der Waals surface area contributed by atoms with Gasteiger partial charge in [0.1, 0.15) is 5.82 Å². The molecule has 1 fully saturated rings. The number of rotatable bonds is 6. The van der Waals surface area contributed by atoms with Crippen molar-refractivity contribution in [3.8, 4) is 0 Å². The maximum Gasteiger partial charge on any atom is 0.255 e. The Labute approximate surface area is 180 Å². The van der Waals surface area contributed by atoms with Gasteiger partial charge in [0.15, 0.2) is 0 Å². The summed E-state index contributed by atoms with van der Waals surface area (Å²) in [7, 11) is 0. The van der Waals surface area contributed by atoms with Crippen LogP contribution >= 0.6 is 11.6 Å². The third-order valence-electron chi connectivity index (χ3n) is 5.08. The van der Waals surface area contributed by atoms with E-state index in [9.17, 15) is 4.79 Å². The van der Waals surface area contributed by atoms with Gasteiger partial charge in [-0.3, -0.25) is 9.48 Å². The number of carbonyl (C=O) groups is 1. The minimum atomic E-state index is -0.0745. The van der Waals surface area contributed by atoms with Crippen molar-refractivity contribution in [1.29, 1.82) is 0 Å². The van der Waals surface area contributed by atoms with Crippen molar-refractivity contribution in [2.75, 3.05) is 31.6 Å². The van der Waals surface area contributed by atoms with Crippen molar-refractivity contribution >= 4 is 23.3 Å². The van der Waals surface area contributed by atoms with Gasteiger partial charge in [-0.1, -0.05) is 41.9 Å². The first-order valence-corrected chi connectivity index (χ1v) is 10.3. The lowest BCUT2D eigenvalue weighted by atomic mass is 10.2. The lowest BCUT2D eigenvalue weighted by molar-refractivity contribution is 0.0302. The second kappa shape index (κ2) is 9.28. The largest absolute Gasteiger partial charge is 0.378 e. The molecular weight excluding hydrogens is 402 g/mol. The minimum Gasteiger partial charge on any atom is -0.378 e. The summed E-state index contributed by atoms with van der Waals surface area (Å²) in [4.78, 5) is 18.7. The topological polar surface area (TPSA) is 72.3 Å². The summed E-state index contributed by atoms with van der Waals surface area (Å²) in [6, 6.07) is 11.8. The molecule has 1 atom stereocenters. The van der Waals surface area contributed by atoms with Gasteiger partial charge < -0.3 is 15.0 Å². The van der Waals surface area contributed by atoms with E-state index in [1.807, 2.05) is 42.2 Å². The molecule has 1 saturated heterocycles. The van der Waals surface area contributed by atoms with Crippen LogP contribution in [0.25, 0.3) is 0 Å². The number of halogens is 1. The Morgan fingerprint density at radius 3 is 2.73 bits per heavy atom. The lowest BCUT2D eigenvalue weighted by Crippen LogP contribution is -2.40. The number of ether oxygens (including phenoxy) is 1. The van der Waals surface area contributed by atoms with E-state index in [2.05, 4.69) is 27.5 Å². The number of nitrogens with one attached hydrogen (secondary N) is 1. The van der Waals surface area contributed by atoms with Gasteiger partial charge in [-0.25, -0.2) is 4.98 Å². The quantitative estimate of drug-likeness (QED) is 0.653. The highest BCUT2D eigenvalue weighted by Crippen LogP contribution is 2.25. The summed E-state index contributed by atoms with van der Waals surface area (Å²) < 4.78 is 7.20. The molecule has 0 aliphatic carbocycles. The zero-order chi connectivity index (χ0) is 20.9. The second-order valence-corrected chi connectivity index (χ2v) is 7.69. The summed E-state index contributed by atoms with van der Waals surface area (Å²) in [5, 5.41) is 8.17. The van der Waals surface area contributed by atoms with Crippen molar-refractivity contribution in [3.63, 3.8) is 0 Å². The molecule has 4 rings (SSSR count). The monoisotopic (exact) mass is 425 g/mol. The van der Waals surface area contributed by atoms with Crippen molar-refractivity contribution in [3.05, 3.63) is 76.7 Å². The first-order chi connectivity index (χ1) is 14.6. The van der Waals surface area contributed by atoms with Gasteiger partial charge >= 0.3 is 0 Å². The Hall–Kier alpha value is -2.90. The fraction of sp³-hybridized carbons (Fsp3) is 0.318. The maximum atomic E-state index is 12.6. The van der Waals surface area contributed by atoms with Crippen LogP contribution < -0.4 is 5.32 Å². The zero-order valence-corrected chi connectivity index (χ0v) is 17.5. The molecule has 8 heteroatoms. The Balaban J connectivity index is 1.41. The Morgan fingerprint density at radius 1 is 1.23 bits per heavy atom. The van der Waals surface area contributed by atoms with Crippen LogP contribution in [0.1, 0.15) is 34.5 Å². The van der Waals surface area contributed by atoms with Gasteiger partial charge in [0.2, 0.25) is 0 Å². The molecule has 1 unspecified atom stereocenters. The Morgan fingerprint density at radius 2 is 2.00 bits per heavy atom. The molecule has 0 bridgehead atoms. The molecule has 30 heavy (non-hydrogen) atoms. The van der Waals surface area contributed by atoms with E-state index in [0.717, 1.165) is 5.56 Å². The maximum absolute atomic E-state index is 12.6. The summed E-state index contributed by atoms with van der Waals surface area (Å²) in [5.74, 6) is 0.466. The fourth-order valence-electron chi connectivity index (χ4n) is 3.36. The molecular formula is C22H24ClN5O2. The third kappa shape index (κ3) is 4.80. The molecule has 0 saturated carbocycles. The molecule has 7 nitrogen and oxygen atoms in total. The number of hydrogen-bond acceptors (Lipinski definition) is 5. The zero-order valence-electron chi connectivity index (χ0n) is 16.8. The highest BCUT2D eigenvalue weighted by molar-refractivity contribution is 6.33. The van der Waals surface area contributed by atoms with Gasteiger partial charge in [-0.15, -0.1) is 0 Å². The molecule has 1 aliphatic rings. The van der Waals surface area contributed by atoms with Gasteiger partial charge in [0, 0.05) is 31.0 Å². The fourth-order valence-corrected chi connectivity index (χ4v) is 3.58. The molecule has 3 aromatic rings. The second-order valence-electron chi connectivity index (χ2n) is 7.28. The number of pyridine rings is 1. The predicted octanol–water partition coefficient (Wildman–Crippen LogP) is 3.63. The van der Waals surface area contributed by atoms with E-state index in [1.54, 1.807) is 17.2 Å². The number of aromatic nitrogens is 3. The molecule has 1 amide bonds. The van der Waals surface area contributed by atoms with E-state index in [-0.39, 0.29) is 11.9 Å². The van der Waals surface area contributed by atoms with Crippen LogP contribution in [0.2, 0.25) is 5.02 Å². The number of benzene rings is 1. The van der Waals surface area contributed by atoms with E-state index < -0.39 is 0 Å². The summed E-state index contributed by atoms with van der Waals surface area (Å²) >= 11 is 6.42. The van der Waals surface area contributed by atoms with Crippen LogP contribution in [0, 0.1) is 0 Å². The molecule has 0 radical (unpaired) electrons. The van der Waals surface area contributed by atoms with E-state index in [4.69, 9.17) is 16.3 Å². The standard InChI is InChI=1S/C22H24ClN5O2/c1-16(19-13-25-28(15-19)14-17-5-3-2-4-6-17)26-21-20(23)11-18(12-24-21)22(29)27-7-9-30-10-8-27/h2-6,11-13,15-16H,7-10,14H2,1H3,(H,24,26). The molecule has 2 aromatic heterocycles. The summed E-state index contributed by atoms with van der Waals surface area (Å²) in [6.45, 7) is 5.02. The minimum absolute atomic E-state index is 0.0414. The number of hydrogen-bond donors (Lipinski definition) is 1. The van der Waals surface area contributed by atoms with Gasteiger partial charge in [-0.05, 0) is 18.6 Å². The van der Waals surface area contributed by atoms with Crippen LogP contribution in [0.15, 0.2) is 55.0 Å². The van der Waals surface area contributed by atoms with Gasteiger partial charge in [-0.2, -0.15) is 5.10 Å². The normalized spacial score (nSPS) is 15.1. The Kier molecular flexibility index (Phi) is 6.30. The van der Waals surface area contributed by atoms with E-state index in [1.165, 1.54) is 5.56 Å². The van der Waals surface area contributed by atoms with E-state index >= 15 is 0 Å². The third-order valence-corrected chi connectivity index (χ3v) is 5.37. The molecule has 1 aliphatic heterocycles. The Bertz CT molecular complexity index is 1000. The van der Waals surface area contributed by atoms with Gasteiger partial charge in [0.25, 0.3) is 5.91 Å². The molecule has 156 valence electrons. The number of anilines is 1. The van der Waals surface area contributed by atoms with Crippen molar-refractivity contribution in [2.45, 2.75) is 19.5 Å². The highest BCUT2D eigenvalue weighted by atomic mass is 35.5. The number of nitrogens with zero attached hydrogens (tertiary/aromatic N) is 4. The number of carbonyl (C=O) groups excluding carboxylic acids is 1. The smallest absolute Gasteiger partial charge is 0.255 e. The van der Waals surface area contributed by atoms with Crippen molar-refractivity contribution < 1.29 is 9.53 Å². The lowest BCUT2D eigenvalue weighted by Gasteiger charge is -2.27. The molecule has 0 spiro atoms. The van der Waals surface area contributed by atoms with Crippen LogP contribution in [0.5, 0.6) is 0 Å². The van der Waals surface area contributed by atoms with Crippen LogP contribution in [-0.2, 0) is 11.3 Å².